The van der Waals surface area contributed by atoms with Gasteiger partial charge in [-0.1, -0.05) is 12.1 Å². The standard InChI is InChI=1S/C26H30O22.C7H6O3.2Na.2H/c1-11(27)21(37)45-19(35)9-25(41,7-17(33)43-13(3)29)23(39)47-15(31)5-6-16(32)48-24(40)26(42,8-18(34)44-14(4)30)10-20(36)46-22(38)12(2)28;8-6-4-2-1-3-5(6)7(9)10;;;;/h11-12,27-28,41-42H,5-10H2,1-4H3;1-4,8H,(H,9,10);;;;. The predicted molar refractivity (Wildman–Crippen MR) is 188 cm³/mol. The topological polar surface area (TPSA) is 399 Å². The van der Waals surface area contributed by atoms with Gasteiger partial charge in [0.1, 0.15) is 23.5 Å². The molecule has 0 radical (unpaired) electrons. The van der Waals surface area contributed by atoms with E-state index in [0.717, 1.165) is 27.7 Å². The predicted octanol–water partition coefficient (Wildman–Crippen LogP) is -4.20. The van der Waals surface area contributed by atoms with Gasteiger partial charge in [-0.05, 0) is 26.0 Å². The van der Waals surface area contributed by atoms with Crippen LogP contribution in [0.4, 0.5) is 0 Å². The molecule has 0 aliphatic carbocycles. The van der Waals surface area contributed by atoms with Crippen LogP contribution in [0.25, 0.3) is 0 Å². The number of hydrogen-bond acceptors (Lipinski definition) is 24. The zero-order chi connectivity index (χ0) is 45.1. The van der Waals surface area contributed by atoms with Crippen LogP contribution >= 0.6 is 0 Å². The number of aromatic hydroxyl groups is 1. The van der Waals surface area contributed by atoms with Gasteiger partial charge in [-0.3, -0.25) is 38.4 Å². The maximum atomic E-state index is 12.5. The molecule has 1 aromatic carbocycles. The van der Waals surface area contributed by atoms with E-state index in [1.807, 2.05) is 0 Å². The first-order valence-electron chi connectivity index (χ1n) is 15.9. The fourth-order valence-electron chi connectivity index (χ4n) is 3.59. The van der Waals surface area contributed by atoms with Gasteiger partial charge in [0.15, 0.2) is 11.2 Å². The van der Waals surface area contributed by atoms with E-state index in [-0.39, 0.29) is 70.4 Å². The summed E-state index contributed by atoms with van der Waals surface area (Å²) in [5.41, 5.74) is -6.73. The first-order chi connectivity index (χ1) is 26.6. The summed E-state index contributed by atoms with van der Waals surface area (Å²) in [5.74, 6) is -21.0. The number of rotatable bonds is 16. The number of ether oxygens (including phenoxy) is 6. The van der Waals surface area contributed by atoms with Crippen molar-refractivity contribution < 1.29 is 121 Å². The van der Waals surface area contributed by atoms with Gasteiger partial charge in [-0.2, -0.15) is 0 Å². The van der Waals surface area contributed by atoms with Crippen LogP contribution in [0.15, 0.2) is 24.3 Å². The third-order valence-corrected chi connectivity index (χ3v) is 6.21. The van der Waals surface area contributed by atoms with Crippen molar-refractivity contribution in [3.63, 3.8) is 0 Å². The first-order valence-corrected chi connectivity index (χ1v) is 15.9. The third-order valence-electron chi connectivity index (χ3n) is 6.21. The van der Waals surface area contributed by atoms with Gasteiger partial charge in [-0.15, -0.1) is 0 Å². The van der Waals surface area contributed by atoms with Crippen molar-refractivity contribution in [3.8, 4) is 5.75 Å². The summed E-state index contributed by atoms with van der Waals surface area (Å²) in [4.78, 5) is 152. The van der Waals surface area contributed by atoms with Gasteiger partial charge < -0.3 is 59.1 Å². The molecule has 0 bridgehead atoms. The second kappa shape index (κ2) is 27.8. The van der Waals surface area contributed by atoms with Crippen LogP contribution in [0.2, 0.25) is 0 Å². The van der Waals surface area contributed by atoms with E-state index in [1.165, 1.54) is 12.1 Å². The third kappa shape index (κ3) is 23.1. The number of para-hydroxylation sites is 1. The molecule has 0 aromatic heterocycles. The number of phenols is 1. The van der Waals surface area contributed by atoms with Crippen molar-refractivity contribution >= 4 is 137 Å². The number of carbonyl (C=O) groups is 13. The maximum absolute atomic E-state index is 12.5. The first kappa shape index (κ1) is 59.5. The number of aliphatic hydroxyl groups is 4. The summed E-state index contributed by atoms with van der Waals surface area (Å²) >= 11 is 0. The van der Waals surface area contributed by atoms with Gasteiger partial charge in [0.2, 0.25) is 0 Å². The number of carbonyl (C=O) groups excluding carboxylic acids is 12. The molecule has 0 amide bonds. The summed E-state index contributed by atoms with van der Waals surface area (Å²) in [5, 5.41) is 56.7. The molecule has 60 heavy (non-hydrogen) atoms. The summed E-state index contributed by atoms with van der Waals surface area (Å²) in [6.07, 6.45) is -12.2. The number of benzene rings is 1. The van der Waals surface area contributed by atoms with E-state index in [4.69, 9.17) is 20.4 Å². The van der Waals surface area contributed by atoms with Crippen LogP contribution in [-0.4, -0.2) is 191 Å². The van der Waals surface area contributed by atoms with Gasteiger partial charge >= 0.3 is 137 Å². The Morgan fingerprint density at radius 3 is 1.08 bits per heavy atom. The number of aromatic carboxylic acids is 1. The minimum absolute atomic E-state index is 0. The number of aliphatic hydroxyl groups excluding tert-OH is 2. The fourth-order valence-corrected chi connectivity index (χ4v) is 3.59. The summed E-state index contributed by atoms with van der Waals surface area (Å²) in [7, 11) is 0. The Morgan fingerprint density at radius 2 is 0.833 bits per heavy atom. The molecule has 0 spiro atoms. The average molecular weight is 881 g/mol. The molecule has 0 saturated carbocycles. The van der Waals surface area contributed by atoms with Crippen LogP contribution in [0.1, 0.15) is 76.6 Å². The molecule has 0 aliphatic heterocycles. The SMILES string of the molecule is CC(=O)OC(=O)CC(O)(CC(=O)OC(=O)C(C)O)C(=O)OC(=O)CCC(=O)OC(=O)C(O)(CC(=O)OC(C)=O)CC(=O)OC(=O)C(C)O.O=C(O)c1ccccc1O.[NaH].[NaH]. The second-order valence-corrected chi connectivity index (χ2v) is 11.5. The molecule has 0 aliphatic rings. The van der Waals surface area contributed by atoms with Crippen molar-refractivity contribution in [3.05, 3.63) is 29.8 Å². The second-order valence-electron chi connectivity index (χ2n) is 11.5. The Balaban J connectivity index is -0.00000235. The van der Waals surface area contributed by atoms with Gasteiger partial charge in [-0.25, -0.2) is 24.0 Å². The zero-order valence-corrected chi connectivity index (χ0v) is 30.6. The van der Waals surface area contributed by atoms with E-state index in [0.29, 0.717) is 0 Å². The molecule has 0 fully saturated rings. The van der Waals surface area contributed by atoms with Crippen molar-refractivity contribution in [1.29, 1.82) is 0 Å². The van der Waals surface area contributed by atoms with Crippen LogP contribution in [0, 0.1) is 0 Å². The van der Waals surface area contributed by atoms with Crippen molar-refractivity contribution in [2.45, 2.75) is 89.6 Å². The van der Waals surface area contributed by atoms with Crippen LogP contribution in [0.5, 0.6) is 5.75 Å². The van der Waals surface area contributed by atoms with E-state index >= 15 is 0 Å². The van der Waals surface area contributed by atoms with Gasteiger partial charge in [0.25, 0.3) is 0 Å². The molecule has 1 aromatic rings. The number of carboxylic acids is 1. The van der Waals surface area contributed by atoms with Gasteiger partial charge in [0, 0.05) is 13.8 Å². The monoisotopic (exact) mass is 880 g/mol. The summed E-state index contributed by atoms with van der Waals surface area (Å²) in [6, 6.07) is 5.81. The summed E-state index contributed by atoms with van der Waals surface area (Å²) in [6.45, 7) is 3.27. The summed E-state index contributed by atoms with van der Waals surface area (Å²) < 4.78 is 25.1. The molecule has 322 valence electrons. The number of carboxylic acid groups (broad SMARTS) is 1. The molecule has 4 atom stereocenters. The molecular weight excluding hydrogens is 842 g/mol. The Bertz CT molecular complexity index is 1720. The normalized spacial score (nSPS) is 12.9. The number of hydrogen-bond donors (Lipinski definition) is 6. The van der Waals surface area contributed by atoms with Crippen LogP contribution in [-0.2, 0) is 86.0 Å². The van der Waals surface area contributed by atoms with Crippen LogP contribution < -0.4 is 0 Å². The molecule has 1 rings (SSSR count). The Kier molecular flexibility index (Phi) is 27.6. The van der Waals surface area contributed by atoms with Crippen molar-refractivity contribution in [1.82, 2.24) is 0 Å². The van der Waals surface area contributed by atoms with Crippen LogP contribution in [0.3, 0.4) is 0 Å². The van der Waals surface area contributed by atoms with E-state index in [9.17, 15) is 72.5 Å². The molecule has 27 heteroatoms. The molecule has 25 nitrogen and oxygen atoms in total. The Hall–Kier alpha value is -4.83. The quantitative estimate of drug-likeness (QED) is 0.0397. The Labute approximate surface area is 381 Å². The van der Waals surface area contributed by atoms with Crippen molar-refractivity contribution in [2.75, 3.05) is 0 Å². The molecular formula is C33H38Na2O25. The Morgan fingerprint density at radius 1 is 0.533 bits per heavy atom. The molecule has 0 heterocycles. The average Bonchev–Trinajstić information content (AvgIpc) is 3.06. The van der Waals surface area contributed by atoms with E-state index in [1.54, 1.807) is 12.1 Å². The fraction of sp³-hybridized carbons (Fsp3) is 0.424. The minimum atomic E-state index is -3.33. The molecule has 6 N–H and O–H groups in total. The van der Waals surface area contributed by atoms with E-state index in [2.05, 4.69) is 28.4 Å². The molecule has 4 unspecified atom stereocenters. The van der Waals surface area contributed by atoms with Gasteiger partial charge in [0.05, 0.1) is 38.5 Å². The number of esters is 12. The zero-order valence-electron chi connectivity index (χ0n) is 30.6. The van der Waals surface area contributed by atoms with Crippen molar-refractivity contribution in [2.24, 2.45) is 0 Å². The van der Waals surface area contributed by atoms with E-state index < -0.39 is 140 Å². The molecule has 0 saturated heterocycles.